The number of aromatic nitrogens is 2. The molecule has 0 saturated heterocycles. The molecule has 2 aromatic heterocycles. The maximum atomic E-state index is 13.3. The summed E-state index contributed by atoms with van der Waals surface area (Å²) < 4.78 is 17.9. The molecule has 2 unspecified atom stereocenters. The molecule has 0 amide bonds. The van der Waals surface area contributed by atoms with Crippen LogP contribution < -0.4 is 14.2 Å². The van der Waals surface area contributed by atoms with Crippen molar-refractivity contribution in [2.24, 2.45) is 11.8 Å². The van der Waals surface area contributed by atoms with Gasteiger partial charge in [0.05, 0.1) is 20.3 Å². The summed E-state index contributed by atoms with van der Waals surface area (Å²) in [6.45, 7) is 12.3. The zero-order valence-corrected chi connectivity index (χ0v) is 36.7. The van der Waals surface area contributed by atoms with E-state index in [9.17, 15) is 9.59 Å². The Hall–Kier alpha value is -6.08. The number of carbonyl (C=O) groups is 2. The molecule has 0 bridgehead atoms. The summed E-state index contributed by atoms with van der Waals surface area (Å²) in [4.78, 5) is 35.7. The van der Waals surface area contributed by atoms with Crippen LogP contribution >= 0.6 is 0 Å². The summed E-state index contributed by atoms with van der Waals surface area (Å²) in [5.41, 5.74) is 8.75. The summed E-state index contributed by atoms with van der Waals surface area (Å²) in [7, 11) is 1.66. The molecule has 61 heavy (non-hydrogen) atoms. The molecule has 7 heteroatoms. The summed E-state index contributed by atoms with van der Waals surface area (Å²) in [6.07, 6.45) is 12.8. The Balaban J connectivity index is 1.07. The Morgan fingerprint density at radius 3 is 1.39 bits per heavy atom. The lowest BCUT2D eigenvalue weighted by atomic mass is 9.94. The number of nitrogens with zero attached hydrogens (tertiary/aromatic N) is 2. The van der Waals surface area contributed by atoms with Crippen molar-refractivity contribution in [1.29, 1.82) is 0 Å². The van der Waals surface area contributed by atoms with Gasteiger partial charge in [-0.2, -0.15) is 0 Å². The van der Waals surface area contributed by atoms with E-state index in [2.05, 4.69) is 68.9 Å². The van der Waals surface area contributed by atoms with Crippen LogP contribution in [0.5, 0.6) is 17.2 Å². The second-order valence-electron chi connectivity index (χ2n) is 16.0. The fourth-order valence-electron chi connectivity index (χ4n) is 7.58. The number of benzene rings is 4. The number of pyridine rings is 2. The molecule has 0 aliphatic carbocycles. The van der Waals surface area contributed by atoms with E-state index in [4.69, 9.17) is 14.2 Å². The van der Waals surface area contributed by atoms with Crippen LogP contribution in [-0.4, -0.2) is 41.9 Å². The average Bonchev–Trinajstić information content (AvgIpc) is 3.31. The van der Waals surface area contributed by atoms with E-state index in [1.54, 1.807) is 43.8 Å². The van der Waals surface area contributed by atoms with Crippen LogP contribution in [-0.2, 0) is 0 Å². The van der Waals surface area contributed by atoms with Gasteiger partial charge in [-0.05, 0) is 127 Å². The minimum Gasteiger partial charge on any atom is -0.496 e. The van der Waals surface area contributed by atoms with E-state index in [1.807, 2.05) is 60.7 Å². The highest BCUT2D eigenvalue weighted by atomic mass is 16.5. The van der Waals surface area contributed by atoms with Crippen molar-refractivity contribution in [3.8, 4) is 50.6 Å². The van der Waals surface area contributed by atoms with Crippen molar-refractivity contribution >= 4 is 11.6 Å². The normalized spacial score (nSPS) is 12.1. The Kier molecular flexibility index (Phi) is 16.0. The highest BCUT2D eigenvalue weighted by Crippen LogP contribution is 2.36. The van der Waals surface area contributed by atoms with Crippen molar-refractivity contribution in [3.63, 3.8) is 0 Å². The third-order valence-electron chi connectivity index (χ3n) is 11.7. The number of hydrogen-bond acceptors (Lipinski definition) is 7. The summed E-state index contributed by atoms with van der Waals surface area (Å²) in [6, 6.07) is 34.6. The molecule has 2 heterocycles. The number of methoxy groups -OCH3 is 1. The first-order chi connectivity index (χ1) is 29.7. The maximum absolute atomic E-state index is 13.3. The van der Waals surface area contributed by atoms with Crippen molar-refractivity contribution in [3.05, 3.63) is 150 Å². The van der Waals surface area contributed by atoms with Gasteiger partial charge < -0.3 is 14.2 Å². The van der Waals surface area contributed by atoms with Crippen LogP contribution in [0.25, 0.3) is 33.4 Å². The van der Waals surface area contributed by atoms with E-state index in [1.165, 1.54) is 38.5 Å². The van der Waals surface area contributed by atoms with Gasteiger partial charge in [-0.3, -0.25) is 19.6 Å². The summed E-state index contributed by atoms with van der Waals surface area (Å²) in [5, 5.41) is 0. The van der Waals surface area contributed by atoms with Crippen molar-refractivity contribution in [2.45, 2.75) is 86.0 Å². The average molecular weight is 817 g/mol. The predicted octanol–water partition coefficient (Wildman–Crippen LogP) is 13.4. The first-order valence-corrected chi connectivity index (χ1v) is 22.0. The SMILES string of the molecule is CCCCC(CC)COc1ccc(C(=O)c2ccc(-c3ccc(-c4ccc(-c5ccc(C(=O)c6ccc(OCC(CC)CCCC)cc6)nc5)c(OC)c4)cc3C)cn2)cc1. The van der Waals surface area contributed by atoms with Crippen LogP contribution in [0.1, 0.15) is 117 Å². The molecule has 0 aliphatic heterocycles. The van der Waals surface area contributed by atoms with Gasteiger partial charge >= 0.3 is 0 Å². The van der Waals surface area contributed by atoms with Gasteiger partial charge in [0, 0.05) is 40.2 Å². The number of aryl methyl sites for hydroxylation is 1. The van der Waals surface area contributed by atoms with E-state index in [0.717, 1.165) is 63.3 Å². The Labute approximate surface area is 362 Å². The lowest BCUT2D eigenvalue weighted by Crippen LogP contribution is -2.11. The zero-order valence-electron chi connectivity index (χ0n) is 36.7. The molecule has 0 fully saturated rings. The number of rotatable bonds is 22. The maximum Gasteiger partial charge on any atom is 0.211 e. The van der Waals surface area contributed by atoms with Gasteiger partial charge in [0.2, 0.25) is 11.6 Å². The lowest BCUT2D eigenvalue weighted by molar-refractivity contribution is 0.102. The minimum atomic E-state index is -0.140. The van der Waals surface area contributed by atoms with E-state index >= 15 is 0 Å². The van der Waals surface area contributed by atoms with E-state index in [0.29, 0.717) is 53.3 Å². The second-order valence-corrected chi connectivity index (χ2v) is 16.0. The molecule has 6 aromatic rings. The van der Waals surface area contributed by atoms with Crippen LogP contribution in [0, 0.1) is 18.8 Å². The largest absolute Gasteiger partial charge is 0.496 e. The van der Waals surface area contributed by atoms with Gasteiger partial charge in [-0.25, -0.2) is 0 Å². The van der Waals surface area contributed by atoms with Crippen molar-refractivity contribution in [1.82, 2.24) is 9.97 Å². The predicted molar refractivity (Wildman–Crippen MR) is 247 cm³/mol. The second kappa shape index (κ2) is 22.0. The molecule has 0 N–H and O–H groups in total. The van der Waals surface area contributed by atoms with Crippen molar-refractivity contribution in [2.75, 3.05) is 20.3 Å². The molecule has 316 valence electrons. The highest BCUT2D eigenvalue weighted by molar-refractivity contribution is 6.08. The fourth-order valence-corrected chi connectivity index (χ4v) is 7.58. The standard InChI is InChI=1S/C54H60N2O5/c1-7-11-13-38(9-3)35-60-46-23-15-40(16-24-46)53(57)50-29-21-44(33-55-50)48-27-19-42(31-37(48)5)43-20-28-49(52(32-43)59-6)45-22-30-51(56-34-45)54(58)41-17-25-47(26-18-41)61-36-39(10-4)14-12-8-2/h15-34,38-39H,7-14,35-36H2,1-6H3. The Bertz CT molecular complexity index is 2340. The third kappa shape index (κ3) is 11.6. The monoisotopic (exact) mass is 816 g/mol. The third-order valence-corrected chi connectivity index (χ3v) is 11.7. The minimum absolute atomic E-state index is 0.123. The first kappa shape index (κ1) is 44.5. The molecular weight excluding hydrogens is 757 g/mol. The Morgan fingerprint density at radius 2 is 0.984 bits per heavy atom. The molecule has 0 spiro atoms. The highest BCUT2D eigenvalue weighted by Gasteiger charge is 2.16. The summed E-state index contributed by atoms with van der Waals surface area (Å²) >= 11 is 0. The quantitative estimate of drug-likeness (QED) is 0.0631. The zero-order chi connectivity index (χ0) is 43.1. The molecule has 2 atom stereocenters. The van der Waals surface area contributed by atoms with Crippen LogP contribution in [0.15, 0.2) is 122 Å². The fraction of sp³-hybridized carbons (Fsp3) is 0.333. The topological polar surface area (TPSA) is 87.6 Å². The van der Waals surface area contributed by atoms with Gasteiger partial charge in [-0.1, -0.05) is 103 Å². The molecule has 0 radical (unpaired) electrons. The molecule has 0 saturated carbocycles. The van der Waals surface area contributed by atoms with Crippen LogP contribution in [0.3, 0.4) is 0 Å². The number of hydrogen-bond donors (Lipinski definition) is 0. The van der Waals surface area contributed by atoms with Crippen LogP contribution in [0.4, 0.5) is 0 Å². The van der Waals surface area contributed by atoms with Crippen LogP contribution in [0.2, 0.25) is 0 Å². The number of ether oxygens (including phenoxy) is 3. The molecular formula is C54H60N2O5. The van der Waals surface area contributed by atoms with E-state index < -0.39 is 0 Å². The van der Waals surface area contributed by atoms with Gasteiger partial charge in [0.1, 0.15) is 28.6 Å². The van der Waals surface area contributed by atoms with Gasteiger partial charge in [0.15, 0.2) is 0 Å². The van der Waals surface area contributed by atoms with Crippen molar-refractivity contribution < 1.29 is 23.8 Å². The molecule has 7 nitrogen and oxygen atoms in total. The number of carbonyl (C=O) groups excluding carboxylic acids is 2. The lowest BCUT2D eigenvalue weighted by Gasteiger charge is -2.15. The van der Waals surface area contributed by atoms with Gasteiger partial charge in [-0.15, -0.1) is 0 Å². The summed E-state index contributed by atoms with van der Waals surface area (Å²) in [5.74, 6) is 3.08. The molecule has 6 rings (SSSR count). The molecule has 4 aromatic carbocycles. The number of ketones is 2. The number of unbranched alkanes of at least 4 members (excludes halogenated alkanes) is 2. The smallest absolute Gasteiger partial charge is 0.211 e. The Morgan fingerprint density at radius 1 is 0.541 bits per heavy atom. The molecule has 0 aliphatic rings. The van der Waals surface area contributed by atoms with Gasteiger partial charge in [0.25, 0.3) is 0 Å². The van der Waals surface area contributed by atoms with E-state index in [-0.39, 0.29) is 11.6 Å². The first-order valence-electron chi connectivity index (χ1n) is 22.0.